The minimum absolute atomic E-state index is 0.128. The third kappa shape index (κ3) is 6.79. The number of carbonyl (C=O) groups is 2. The number of carbonyl (C=O) groups excluding carboxylic acids is 2. The number of esters is 1. The summed E-state index contributed by atoms with van der Waals surface area (Å²) < 4.78 is 12.0. The first-order valence-electron chi connectivity index (χ1n) is 12.6. The summed E-state index contributed by atoms with van der Waals surface area (Å²) in [4.78, 5) is 28.2. The van der Waals surface area contributed by atoms with E-state index in [2.05, 4.69) is 25.6 Å². The van der Waals surface area contributed by atoms with Crippen LogP contribution in [0.15, 0.2) is 72.3 Å². The molecule has 0 aromatic heterocycles. The van der Waals surface area contributed by atoms with Crippen LogP contribution in [-0.4, -0.2) is 54.5 Å². The van der Waals surface area contributed by atoms with Gasteiger partial charge < -0.3 is 19.8 Å². The van der Waals surface area contributed by atoms with Gasteiger partial charge in [-0.3, -0.25) is 4.79 Å². The van der Waals surface area contributed by atoms with E-state index in [1.165, 1.54) is 0 Å². The maximum Gasteiger partial charge on any atom is 0.441 e. The number of rotatable bonds is 10. The zero-order chi connectivity index (χ0) is 27.1. The van der Waals surface area contributed by atoms with Gasteiger partial charge >= 0.3 is 11.7 Å². The molecule has 0 unspecified atom stereocenters. The number of hydrogen-bond acceptors (Lipinski definition) is 5. The smallest absolute Gasteiger partial charge is 0.441 e. The third-order valence-electron chi connectivity index (χ3n) is 6.68. The lowest BCUT2D eigenvalue weighted by Crippen LogP contribution is -2.67. The van der Waals surface area contributed by atoms with Crippen LogP contribution in [0.4, 0.5) is 0 Å². The van der Waals surface area contributed by atoms with E-state index in [0.717, 1.165) is 28.8 Å². The highest BCUT2D eigenvalue weighted by atomic mass is 28.4. The minimum Gasteiger partial charge on any atom is -0.449 e. The van der Waals surface area contributed by atoms with Crippen molar-refractivity contribution in [3.8, 4) is 0 Å². The Bertz CT molecular complexity index is 1130. The van der Waals surface area contributed by atoms with Crippen LogP contribution in [0.3, 0.4) is 0 Å². The molecule has 0 radical (unpaired) electrons. The molecule has 0 fully saturated rings. The zero-order valence-electron chi connectivity index (χ0n) is 22.0. The Morgan fingerprint density at radius 2 is 1.65 bits per heavy atom. The van der Waals surface area contributed by atoms with Crippen LogP contribution in [0.1, 0.15) is 53.4 Å². The summed E-state index contributed by atoms with van der Waals surface area (Å²) in [6.07, 6.45) is 2.18. The fourth-order valence-electron chi connectivity index (χ4n) is 4.92. The lowest BCUT2D eigenvalue weighted by Gasteiger charge is -2.43. The van der Waals surface area contributed by atoms with Crippen LogP contribution in [0.25, 0.3) is 5.53 Å². The summed E-state index contributed by atoms with van der Waals surface area (Å²) in [5.74, 6) is -1.80. The molecule has 0 aliphatic heterocycles. The number of hydrogen-bond donors (Lipinski definition) is 1. The second kappa shape index (κ2) is 12.4. The Morgan fingerprint density at radius 3 is 2.14 bits per heavy atom. The molecule has 37 heavy (non-hydrogen) atoms. The van der Waals surface area contributed by atoms with Crippen LogP contribution >= 0.6 is 0 Å². The molecule has 0 saturated carbocycles. The van der Waals surface area contributed by atoms with Gasteiger partial charge in [0, 0.05) is 6.42 Å². The number of ketones is 1. The van der Waals surface area contributed by atoms with Crippen LogP contribution in [0.2, 0.25) is 5.04 Å². The molecule has 2 aromatic carbocycles. The maximum absolute atomic E-state index is 12.8. The second-order valence-corrected chi connectivity index (χ2v) is 14.9. The Hall–Kier alpha value is -3.16. The molecule has 0 heterocycles. The molecule has 2 atom stereocenters. The molecule has 1 N–H and O–H groups in total. The minimum atomic E-state index is -2.91. The fourth-order valence-corrected chi connectivity index (χ4v) is 9.51. The van der Waals surface area contributed by atoms with Crippen molar-refractivity contribution >= 4 is 36.2 Å². The molecule has 0 bridgehead atoms. The molecule has 196 valence electrons. The summed E-state index contributed by atoms with van der Waals surface area (Å²) in [5, 5.41) is 12.6. The number of aliphatic hydroxyl groups is 1. The molecule has 1 aliphatic rings. The molecule has 0 spiro atoms. The largest absolute Gasteiger partial charge is 0.449 e. The van der Waals surface area contributed by atoms with Gasteiger partial charge in [0.25, 0.3) is 14.1 Å². The number of nitrogens with zero attached hydrogens (tertiary/aromatic N) is 2. The van der Waals surface area contributed by atoms with Crippen molar-refractivity contribution in [1.82, 2.24) is 0 Å². The number of allylic oxidation sites excluding steroid dienone is 1. The standard InChI is InChI=1S/C29H36N2O5Si/c1-21-12-11-13-23(18-21)36-28(34)27(31-30)26(33)19-22(32)20-35-37(29(2,3)4,24-14-7-5-8-15-24)25-16-9-6-10-17-25/h5-10,14-18,22-23,32H,11-13,19-20H2,1-4H3/t22-,23+/m0/s1. The van der Waals surface area contributed by atoms with Crippen molar-refractivity contribution in [2.75, 3.05) is 6.61 Å². The quantitative estimate of drug-likeness (QED) is 0.0979. The van der Waals surface area contributed by atoms with Crippen molar-refractivity contribution in [3.05, 3.63) is 77.8 Å². The molecule has 0 saturated heterocycles. The number of ether oxygens (including phenoxy) is 1. The molecule has 7 nitrogen and oxygen atoms in total. The summed E-state index contributed by atoms with van der Waals surface area (Å²) >= 11 is 0. The topological polar surface area (TPSA) is 109 Å². The Balaban J connectivity index is 1.76. The average molecular weight is 521 g/mol. The summed E-state index contributed by atoms with van der Waals surface area (Å²) in [5.41, 5.74) is 9.75. The van der Waals surface area contributed by atoms with E-state index in [9.17, 15) is 20.2 Å². The fraction of sp³-hybridized carbons (Fsp3) is 0.414. The van der Waals surface area contributed by atoms with E-state index in [1.54, 1.807) is 0 Å². The van der Waals surface area contributed by atoms with Crippen molar-refractivity contribution < 1.29 is 28.6 Å². The van der Waals surface area contributed by atoms with Gasteiger partial charge in [-0.25, -0.2) is 4.79 Å². The van der Waals surface area contributed by atoms with Gasteiger partial charge in [-0.05, 0) is 47.7 Å². The van der Waals surface area contributed by atoms with E-state index in [0.29, 0.717) is 6.42 Å². The van der Waals surface area contributed by atoms with E-state index < -0.39 is 44.4 Å². The number of Topliss-reactive ketones (excluding diaryl/α,β-unsaturated/α-hetero) is 1. The first-order chi connectivity index (χ1) is 17.6. The molecular weight excluding hydrogens is 484 g/mol. The summed E-state index contributed by atoms with van der Waals surface area (Å²) in [6, 6.07) is 19.9. The predicted octanol–water partition coefficient (Wildman–Crippen LogP) is 3.60. The Morgan fingerprint density at radius 1 is 1.08 bits per heavy atom. The molecule has 8 heteroatoms. The van der Waals surface area contributed by atoms with Gasteiger partial charge in [0.05, 0.1) is 12.7 Å². The lowest BCUT2D eigenvalue weighted by molar-refractivity contribution is -0.145. The predicted molar refractivity (Wildman–Crippen MR) is 145 cm³/mol. The molecule has 1 aliphatic carbocycles. The normalized spacial score (nSPS) is 16.8. The number of benzene rings is 2. The van der Waals surface area contributed by atoms with Gasteiger partial charge in [0.15, 0.2) is 0 Å². The highest BCUT2D eigenvalue weighted by molar-refractivity contribution is 6.99. The monoisotopic (exact) mass is 520 g/mol. The van der Waals surface area contributed by atoms with Gasteiger partial charge in [-0.15, -0.1) is 0 Å². The van der Waals surface area contributed by atoms with Gasteiger partial charge in [0.2, 0.25) is 0 Å². The average Bonchev–Trinajstić information content (AvgIpc) is 2.85. The van der Waals surface area contributed by atoms with E-state index >= 15 is 0 Å². The molecule has 3 rings (SSSR count). The van der Waals surface area contributed by atoms with E-state index in [4.69, 9.17) is 9.16 Å². The van der Waals surface area contributed by atoms with Crippen LogP contribution in [0.5, 0.6) is 0 Å². The number of aliphatic hydroxyl groups excluding tert-OH is 1. The molecule has 2 aromatic rings. The van der Waals surface area contributed by atoms with Crippen molar-refractivity contribution in [1.29, 1.82) is 0 Å². The van der Waals surface area contributed by atoms with E-state index in [-0.39, 0.29) is 11.6 Å². The van der Waals surface area contributed by atoms with Gasteiger partial charge in [-0.2, -0.15) is 4.79 Å². The van der Waals surface area contributed by atoms with Gasteiger partial charge in [0.1, 0.15) is 6.10 Å². The second-order valence-electron chi connectivity index (χ2n) is 10.6. The molecular formula is C29H36N2O5Si. The van der Waals surface area contributed by atoms with Crippen LogP contribution in [0, 0.1) is 0 Å². The first kappa shape index (κ1) is 28.4. The zero-order valence-corrected chi connectivity index (χ0v) is 23.0. The van der Waals surface area contributed by atoms with Crippen LogP contribution in [-0.2, 0) is 18.8 Å². The third-order valence-corrected chi connectivity index (χ3v) is 11.7. The lowest BCUT2D eigenvalue weighted by atomic mass is 9.99. The van der Waals surface area contributed by atoms with Crippen molar-refractivity contribution in [3.63, 3.8) is 0 Å². The van der Waals surface area contributed by atoms with Crippen LogP contribution < -0.4 is 10.4 Å². The van der Waals surface area contributed by atoms with E-state index in [1.807, 2.05) is 73.7 Å². The Labute approximate surface area is 219 Å². The maximum atomic E-state index is 12.8. The van der Waals surface area contributed by atoms with Crippen molar-refractivity contribution in [2.24, 2.45) is 0 Å². The summed E-state index contributed by atoms with van der Waals surface area (Å²) in [6.45, 7) is 8.17. The SMILES string of the molecule is CC1=C[C@H](OC(=O)C(=[N+]=[N-])C(=O)C[C@H](O)CO[Si](c2ccccc2)(c2ccccc2)C(C)(C)C)CCC1. The molecule has 0 amide bonds. The Kier molecular flexibility index (Phi) is 9.51. The highest BCUT2D eigenvalue weighted by Crippen LogP contribution is 2.36. The summed E-state index contributed by atoms with van der Waals surface area (Å²) in [7, 11) is -2.91. The van der Waals surface area contributed by atoms with Gasteiger partial charge in [-0.1, -0.05) is 87.0 Å². The van der Waals surface area contributed by atoms with Crippen molar-refractivity contribution in [2.45, 2.75) is 70.6 Å². The first-order valence-corrected chi connectivity index (χ1v) is 14.6. The highest BCUT2D eigenvalue weighted by Gasteiger charge is 2.50.